The van der Waals surface area contributed by atoms with Gasteiger partial charge in [-0.2, -0.15) is 0 Å². The summed E-state index contributed by atoms with van der Waals surface area (Å²) in [4.78, 5) is 35.0. The van der Waals surface area contributed by atoms with E-state index in [0.717, 1.165) is 19.3 Å². The van der Waals surface area contributed by atoms with E-state index in [1.165, 1.54) is 0 Å². The number of aliphatic hydroxyl groups excluding tert-OH is 2. The van der Waals surface area contributed by atoms with E-state index < -0.39 is 58.7 Å². The van der Waals surface area contributed by atoms with Gasteiger partial charge >= 0.3 is 0 Å². The lowest BCUT2D eigenvalue weighted by atomic mass is 10.1. The van der Waals surface area contributed by atoms with Crippen LogP contribution in [0.4, 0.5) is 40.3 Å². The Morgan fingerprint density at radius 3 is 1.52 bits per heavy atom. The highest BCUT2D eigenvalue weighted by atomic mass is 127. The van der Waals surface area contributed by atoms with Crippen molar-refractivity contribution in [1.82, 2.24) is 11.0 Å². The highest BCUT2D eigenvalue weighted by Gasteiger charge is 2.25. The van der Waals surface area contributed by atoms with Crippen LogP contribution in [0.3, 0.4) is 0 Å². The van der Waals surface area contributed by atoms with Gasteiger partial charge in [-0.25, -0.2) is 28.5 Å². The maximum atomic E-state index is 14.7. The van der Waals surface area contributed by atoms with Crippen LogP contribution in [0.15, 0.2) is 87.8 Å². The molecule has 21 heteroatoms. The van der Waals surface area contributed by atoms with Crippen molar-refractivity contribution >= 4 is 135 Å². The van der Waals surface area contributed by atoms with Crippen LogP contribution in [0.5, 0.6) is 5.75 Å². The van der Waals surface area contributed by atoms with Crippen LogP contribution >= 0.6 is 100 Å². The zero-order chi connectivity index (χ0) is 44.1. The first-order chi connectivity index (χ1) is 28.5. The van der Waals surface area contributed by atoms with Gasteiger partial charge in [0, 0.05) is 7.14 Å². The zero-order valence-corrected chi connectivity index (χ0v) is 39.7. The molecule has 5 rings (SSSR count). The highest BCUT2D eigenvalue weighted by molar-refractivity contribution is 14.1. The first-order valence-electron chi connectivity index (χ1n) is 17.2. The molecule has 6 N–H and O–H groups in total. The lowest BCUT2D eigenvalue weighted by Crippen LogP contribution is -2.31. The Bertz CT molecular complexity index is 2310. The van der Waals surface area contributed by atoms with E-state index in [1.54, 1.807) is 67.6 Å². The predicted molar refractivity (Wildman–Crippen MR) is 244 cm³/mol. The number of aliphatic hydroxyl groups is 2. The van der Waals surface area contributed by atoms with Gasteiger partial charge in [-0.15, -0.1) is 0 Å². The van der Waals surface area contributed by atoms with Crippen LogP contribution in [0.2, 0.25) is 10.0 Å². The molecule has 11 nitrogen and oxygen atoms in total. The molecular formula is C39H32Br2Cl2F4I2N4O7. The van der Waals surface area contributed by atoms with Gasteiger partial charge in [0.2, 0.25) is 0 Å². The van der Waals surface area contributed by atoms with E-state index in [4.69, 9.17) is 37.6 Å². The first kappa shape index (κ1) is 49.7. The number of carbonyl (C=O) groups excluding carboxylic acids is 2. The molecule has 0 fully saturated rings. The number of hydroxylamine groups is 2. The Balaban J connectivity index is 0.000000270. The van der Waals surface area contributed by atoms with Gasteiger partial charge in [-0.3, -0.25) is 19.3 Å². The van der Waals surface area contributed by atoms with Gasteiger partial charge in [-0.1, -0.05) is 48.3 Å². The largest absolute Gasteiger partial charge is 0.491 e. The number of anilines is 4. The molecule has 320 valence electrons. The molecule has 0 radical (unpaired) electrons. The summed E-state index contributed by atoms with van der Waals surface area (Å²) in [6.45, 7) is 1.23. The number of amides is 2. The van der Waals surface area contributed by atoms with E-state index in [0.29, 0.717) is 17.9 Å². The Labute approximate surface area is 395 Å². The lowest BCUT2D eigenvalue weighted by Gasteiger charge is -2.16. The molecule has 0 saturated carbocycles. The zero-order valence-electron chi connectivity index (χ0n) is 30.7. The monoisotopic (exact) mass is 1230 g/mol. The number of para-hydroxylation sites is 1. The first-order valence-corrected chi connectivity index (χ1v) is 21.7. The number of hydrogen-bond donors (Lipinski definition) is 6. The third-order valence-corrected chi connectivity index (χ3v) is 10.9. The second-order valence-electron chi connectivity index (χ2n) is 12.1. The maximum Gasteiger partial charge on any atom is 0.277 e. The number of hydrogen-bond acceptors (Lipinski definition) is 9. The fraction of sp³-hybridized carbons (Fsp3) is 0.179. The summed E-state index contributed by atoms with van der Waals surface area (Å²) in [5.74, 6) is -5.98. The lowest BCUT2D eigenvalue weighted by molar-refractivity contribution is -0.0259. The molecule has 2 atom stereocenters. The molecule has 0 bridgehead atoms. The van der Waals surface area contributed by atoms with Crippen LogP contribution in [0.25, 0.3) is 0 Å². The Kier molecular flexibility index (Phi) is 19.9. The SMILES string of the molecule is CCC(O)CONC(=O)c1cc(Br)c(F)c(F)c1Nc1ccc(I)cc1Cl.O=C(NOCC(O)COc1ccccc1)c1cc(Br)c(F)c(F)c1Nc1ccc(I)cc1Cl. The van der Waals surface area contributed by atoms with E-state index in [1.807, 2.05) is 6.07 Å². The summed E-state index contributed by atoms with van der Waals surface area (Å²) in [7, 11) is 0. The average Bonchev–Trinajstić information content (AvgIpc) is 3.22. The third kappa shape index (κ3) is 14.3. The molecule has 0 heterocycles. The summed E-state index contributed by atoms with van der Waals surface area (Å²) in [6.07, 6.45) is -1.37. The van der Waals surface area contributed by atoms with Crippen molar-refractivity contribution in [3.8, 4) is 5.75 Å². The summed E-state index contributed by atoms with van der Waals surface area (Å²) in [5, 5.41) is 25.3. The third-order valence-electron chi connectivity index (χ3n) is 7.73. The van der Waals surface area contributed by atoms with Crippen molar-refractivity contribution in [3.63, 3.8) is 0 Å². The van der Waals surface area contributed by atoms with Gasteiger partial charge in [0.25, 0.3) is 11.8 Å². The summed E-state index contributed by atoms with van der Waals surface area (Å²) >= 11 is 22.2. The molecule has 5 aromatic carbocycles. The molecule has 5 aromatic rings. The summed E-state index contributed by atoms with van der Waals surface area (Å²) in [5.41, 5.74) is 3.53. The molecule has 0 aliphatic heterocycles. The number of ether oxygens (including phenoxy) is 1. The Morgan fingerprint density at radius 2 is 1.10 bits per heavy atom. The molecule has 0 saturated heterocycles. The minimum atomic E-state index is -1.28. The van der Waals surface area contributed by atoms with Crippen molar-refractivity contribution in [2.75, 3.05) is 30.5 Å². The summed E-state index contributed by atoms with van der Waals surface area (Å²) in [6, 6.07) is 20.9. The van der Waals surface area contributed by atoms with E-state index in [-0.39, 0.29) is 55.6 Å². The number of nitrogens with one attached hydrogen (secondary N) is 4. The van der Waals surface area contributed by atoms with Crippen molar-refractivity contribution in [2.45, 2.75) is 25.6 Å². The van der Waals surface area contributed by atoms with Crippen molar-refractivity contribution in [2.24, 2.45) is 0 Å². The predicted octanol–water partition coefficient (Wildman–Crippen LogP) is 11.0. The van der Waals surface area contributed by atoms with Crippen molar-refractivity contribution in [3.05, 3.63) is 139 Å². The topological polar surface area (TPSA) is 150 Å². The Morgan fingerprint density at radius 1 is 0.667 bits per heavy atom. The number of benzene rings is 5. The van der Waals surface area contributed by atoms with Crippen LogP contribution in [-0.2, 0) is 9.68 Å². The van der Waals surface area contributed by atoms with E-state index >= 15 is 0 Å². The normalized spacial score (nSPS) is 11.8. The molecule has 0 aliphatic rings. The molecule has 60 heavy (non-hydrogen) atoms. The Hall–Kier alpha value is -3.00. The van der Waals surface area contributed by atoms with Gasteiger partial charge in [0.05, 0.1) is 59.0 Å². The van der Waals surface area contributed by atoms with Crippen LogP contribution in [-0.4, -0.2) is 54.1 Å². The highest BCUT2D eigenvalue weighted by Crippen LogP contribution is 2.36. The van der Waals surface area contributed by atoms with Crippen molar-refractivity contribution < 1.29 is 51.8 Å². The quantitative estimate of drug-likeness (QED) is 0.0246. The minimum absolute atomic E-state index is 0.0747. The molecule has 0 aliphatic carbocycles. The number of rotatable bonds is 16. The molecule has 0 aromatic heterocycles. The van der Waals surface area contributed by atoms with Crippen LogP contribution < -0.4 is 26.3 Å². The number of carbonyl (C=O) groups is 2. The second kappa shape index (κ2) is 24.0. The van der Waals surface area contributed by atoms with E-state index in [9.17, 15) is 37.4 Å². The number of halogens is 10. The van der Waals surface area contributed by atoms with Crippen LogP contribution in [0, 0.1) is 30.4 Å². The molecule has 2 amide bonds. The van der Waals surface area contributed by atoms with Crippen molar-refractivity contribution in [1.29, 1.82) is 0 Å². The van der Waals surface area contributed by atoms with Gasteiger partial charge < -0.3 is 25.6 Å². The fourth-order valence-electron chi connectivity index (χ4n) is 4.64. The fourth-order valence-corrected chi connectivity index (χ4v) is 7.25. The average molecular weight is 1230 g/mol. The molecule has 0 spiro atoms. The van der Waals surface area contributed by atoms with Gasteiger partial charge in [0.1, 0.15) is 31.7 Å². The van der Waals surface area contributed by atoms with Gasteiger partial charge in [0.15, 0.2) is 23.3 Å². The molecular weight excluding hydrogens is 1200 g/mol. The van der Waals surface area contributed by atoms with E-state index in [2.05, 4.69) is 98.6 Å². The van der Waals surface area contributed by atoms with Gasteiger partial charge in [-0.05, 0) is 144 Å². The summed E-state index contributed by atoms with van der Waals surface area (Å²) < 4.78 is 64.0. The standard InChI is InChI=1S/C22H17BrClF2IN2O4.C17H15BrClF2IN2O3/c23-16-9-15(21(20(26)19(16)25)28-18-7-6-12(27)8-17(18)24)22(31)29-33-11-13(30)10-32-14-4-2-1-3-5-14;1-2-9(25)7-27-24-17(26)10-6-11(18)14(20)15(21)16(10)23-13-4-3-8(22)5-12(13)19/h1-9,13,28,30H,10-11H2,(H,29,31);3-6,9,23,25H,2,7H2,1H3,(H,24,26). The van der Waals surface area contributed by atoms with Crippen LogP contribution in [0.1, 0.15) is 34.1 Å². The second-order valence-corrected chi connectivity index (χ2v) is 17.2. The maximum absolute atomic E-state index is 14.7. The molecule has 2 unspecified atom stereocenters. The smallest absolute Gasteiger partial charge is 0.277 e. The minimum Gasteiger partial charge on any atom is -0.491 e.